The number of nitrogens with one attached hydrogen (secondary N) is 1. The number of anilines is 1. The average Bonchev–Trinajstić information content (AvgIpc) is 2.69. The summed E-state index contributed by atoms with van der Waals surface area (Å²) in [6.07, 6.45) is 0. The average molecular weight is 338 g/mol. The first kappa shape index (κ1) is 16.8. The van der Waals surface area contributed by atoms with E-state index in [1.807, 2.05) is 54.6 Å². The number of nitrogens with zero attached hydrogens (tertiary/aromatic N) is 1. The number of fused-ring (bicyclic) bond motifs is 1. The van der Waals surface area contributed by atoms with Gasteiger partial charge in [0.25, 0.3) is 0 Å². The van der Waals surface area contributed by atoms with Crippen molar-refractivity contribution in [1.82, 2.24) is 0 Å². The van der Waals surface area contributed by atoms with Crippen molar-refractivity contribution in [3.05, 3.63) is 65.7 Å². The molecule has 0 aromatic heterocycles. The summed E-state index contributed by atoms with van der Waals surface area (Å²) in [5.74, 6) is 0.629. The van der Waals surface area contributed by atoms with Crippen molar-refractivity contribution >= 4 is 29.1 Å². The van der Waals surface area contributed by atoms with Gasteiger partial charge in [0.1, 0.15) is 6.04 Å². The summed E-state index contributed by atoms with van der Waals surface area (Å²) in [4.78, 5) is 17.5. The molecule has 1 atom stereocenters. The lowest BCUT2D eigenvalue weighted by Gasteiger charge is -2.20. The van der Waals surface area contributed by atoms with Gasteiger partial charge in [0.15, 0.2) is 0 Å². The molecular formula is C20H22N2OS. The molecule has 1 aliphatic heterocycles. The Kier molecular flexibility index (Phi) is 4.76. The lowest BCUT2D eigenvalue weighted by Crippen LogP contribution is -2.29. The number of aliphatic imine (C=N–C) groups is 1. The van der Waals surface area contributed by atoms with E-state index in [0.717, 1.165) is 22.5 Å². The van der Waals surface area contributed by atoms with E-state index in [-0.39, 0.29) is 10.7 Å². The van der Waals surface area contributed by atoms with Crippen LogP contribution >= 0.6 is 11.8 Å². The maximum atomic E-state index is 12.6. The van der Waals surface area contributed by atoms with Gasteiger partial charge in [-0.2, -0.15) is 11.8 Å². The van der Waals surface area contributed by atoms with Crippen molar-refractivity contribution in [1.29, 1.82) is 0 Å². The molecule has 0 unspecified atom stereocenters. The zero-order valence-electron chi connectivity index (χ0n) is 14.2. The monoisotopic (exact) mass is 338 g/mol. The highest BCUT2D eigenvalue weighted by Crippen LogP contribution is 2.28. The number of hydrogen-bond acceptors (Lipinski definition) is 3. The summed E-state index contributed by atoms with van der Waals surface area (Å²) in [6.45, 7) is 6.47. The summed E-state index contributed by atoms with van der Waals surface area (Å²) in [5.41, 5.74) is 3.71. The molecule has 1 heterocycles. The Morgan fingerprint density at radius 2 is 1.71 bits per heavy atom. The van der Waals surface area contributed by atoms with Gasteiger partial charge in [-0.1, -0.05) is 69.3 Å². The Hall–Kier alpha value is -2.07. The van der Waals surface area contributed by atoms with E-state index in [9.17, 15) is 4.79 Å². The third kappa shape index (κ3) is 3.88. The molecule has 0 fully saturated rings. The number of benzodiazepines with no additional fused rings is 1. The molecule has 0 radical (unpaired) electrons. The Morgan fingerprint density at radius 1 is 1.04 bits per heavy atom. The van der Waals surface area contributed by atoms with E-state index in [0.29, 0.717) is 5.75 Å². The van der Waals surface area contributed by atoms with Gasteiger partial charge in [0.2, 0.25) is 5.91 Å². The van der Waals surface area contributed by atoms with Crippen LogP contribution < -0.4 is 5.32 Å². The van der Waals surface area contributed by atoms with Crippen molar-refractivity contribution in [3.63, 3.8) is 0 Å². The Labute approximate surface area is 147 Å². The molecular weight excluding hydrogens is 316 g/mol. The third-order valence-electron chi connectivity index (χ3n) is 3.75. The molecule has 3 nitrogen and oxygen atoms in total. The second-order valence-electron chi connectivity index (χ2n) is 6.82. The normalized spacial score (nSPS) is 17.5. The number of amides is 1. The van der Waals surface area contributed by atoms with Crippen molar-refractivity contribution in [2.45, 2.75) is 31.6 Å². The number of rotatable bonds is 3. The van der Waals surface area contributed by atoms with E-state index in [1.54, 1.807) is 11.8 Å². The van der Waals surface area contributed by atoms with Crippen LogP contribution in [0.5, 0.6) is 0 Å². The van der Waals surface area contributed by atoms with Crippen LogP contribution in [0.25, 0.3) is 0 Å². The third-order valence-corrected chi connectivity index (χ3v) is 5.10. The zero-order valence-corrected chi connectivity index (χ0v) is 15.1. The Bertz CT molecular complexity index is 763. The topological polar surface area (TPSA) is 41.5 Å². The van der Waals surface area contributed by atoms with E-state index in [2.05, 4.69) is 26.1 Å². The number of para-hydroxylation sites is 1. The molecule has 0 bridgehead atoms. The largest absolute Gasteiger partial charge is 0.324 e. The number of carbonyl (C=O) groups is 1. The summed E-state index contributed by atoms with van der Waals surface area (Å²) < 4.78 is 0.0991. The van der Waals surface area contributed by atoms with Gasteiger partial charge in [-0.15, -0.1) is 0 Å². The SMILES string of the molecule is CC(C)(C)SC[C@H]1N=C(c2ccccc2)c2ccccc2NC1=O. The summed E-state index contributed by atoms with van der Waals surface area (Å²) in [7, 11) is 0. The van der Waals surface area contributed by atoms with Crippen LogP contribution in [0.3, 0.4) is 0 Å². The van der Waals surface area contributed by atoms with E-state index < -0.39 is 6.04 Å². The highest BCUT2D eigenvalue weighted by atomic mass is 32.2. The van der Waals surface area contributed by atoms with Crippen LogP contribution in [-0.2, 0) is 4.79 Å². The predicted molar refractivity (Wildman–Crippen MR) is 103 cm³/mol. The smallest absolute Gasteiger partial charge is 0.250 e. The van der Waals surface area contributed by atoms with Gasteiger partial charge in [-0.05, 0) is 6.07 Å². The predicted octanol–water partition coefficient (Wildman–Crippen LogP) is 4.38. The molecule has 1 N–H and O–H groups in total. The van der Waals surface area contributed by atoms with Crippen molar-refractivity contribution in [3.8, 4) is 0 Å². The van der Waals surface area contributed by atoms with Crippen LogP contribution in [0.4, 0.5) is 5.69 Å². The lowest BCUT2D eigenvalue weighted by molar-refractivity contribution is -0.116. The second-order valence-corrected chi connectivity index (χ2v) is 8.66. The number of benzene rings is 2. The fraction of sp³-hybridized carbons (Fsp3) is 0.300. The molecule has 3 rings (SSSR count). The summed E-state index contributed by atoms with van der Waals surface area (Å²) in [6, 6.07) is 17.5. The summed E-state index contributed by atoms with van der Waals surface area (Å²) >= 11 is 1.76. The quantitative estimate of drug-likeness (QED) is 0.902. The standard InChI is InChI=1S/C20H22N2OS/c1-20(2,3)24-13-17-19(23)22-16-12-8-7-11-15(16)18(21-17)14-9-5-4-6-10-14/h4-12,17H,13H2,1-3H3,(H,22,23)/t17-/m1/s1. The summed E-state index contributed by atoms with van der Waals surface area (Å²) in [5, 5.41) is 3.04. The van der Waals surface area contributed by atoms with Crippen molar-refractivity contribution < 1.29 is 4.79 Å². The molecule has 2 aromatic rings. The van der Waals surface area contributed by atoms with E-state index in [1.165, 1.54) is 0 Å². The van der Waals surface area contributed by atoms with Crippen LogP contribution in [0.1, 0.15) is 31.9 Å². The number of carbonyl (C=O) groups excluding carboxylic acids is 1. The Balaban J connectivity index is 2.03. The maximum Gasteiger partial charge on any atom is 0.250 e. The highest BCUT2D eigenvalue weighted by Gasteiger charge is 2.27. The van der Waals surface area contributed by atoms with Crippen molar-refractivity contribution in [2.75, 3.05) is 11.1 Å². The molecule has 0 saturated heterocycles. The molecule has 4 heteroatoms. The first-order valence-electron chi connectivity index (χ1n) is 8.11. The fourth-order valence-corrected chi connectivity index (χ4v) is 3.45. The lowest BCUT2D eigenvalue weighted by atomic mass is 10.0. The Morgan fingerprint density at radius 3 is 2.42 bits per heavy atom. The molecule has 1 amide bonds. The van der Waals surface area contributed by atoms with Crippen LogP contribution in [0.15, 0.2) is 59.6 Å². The number of hydrogen-bond donors (Lipinski definition) is 1. The minimum Gasteiger partial charge on any atom is -0.324 e. The van der Waals surface area contributed by atoms with E-state index >= 15 is 0 Å². The molecule has 1 aliphatic rings. The van der Waals surface area contributed by atoms with Gasteiger partial charge in [-0.25, -0.2) is 0 Å². The van der Waals surface area contributed by atoms with Gasteiger partial charge >= 0.3 is 0 Å². The maximum absolute atomic E-state index is 12.6. The van der Waals surface area contributed by atoms with Gasteiger partial charge in [0.05, 0.1) is 11.4 Å². The van der Waals surface area contributed by atoms with E-state index in [4.69, 9.17) is 4.99 Å². The van der Waals surface area contributed by atoms with Crippen LogP contribution in [0, 0.1) is 0 Å². The molecule has 24 heavy (non-hydrogen) atoms. The molecule has 124 valence electrons. The molecule has 0 spiro atoms. The molecule has 0 aliphatic carbocycles. The van der Waals surface area contributed by atoms with Crippen LogP contribution in [0.2, 0.25) is 0 Å². The van der Waals surface area contributed by atoms with Crippen molar-refractivity contribution in [2.24, 2.45) is 4.99 Å². The van der Waals surface area contributed by atoms with Gasteiger partial charge < -0.3 is 5.32 Å². The second kappa shape index (κ2) is 6.81. The molecule has 2 aromatic carbocycles. The first-order valence-corrected chi connectivity index (χ1v) is 9.10. The minimum absolute atomic E-state index is 0.0369. The minimum atomic E-state index is -0.392. The fourth-order valence-electron chi connectivity index (χ4n) is 2.57. The van der Waals surface area contributed by atoms with Gasteiger partial charge in [-0.3, -0.25) is 9.79 Å². The molecule has 0 saturated carbocycles. The zero-order chi connectivity index (χ0) is 17.2. The number of thioether (sulfide) groups is 1. The van der Waals surface area contributed by atoms with Gasteiger partial charge in [0, 0.05) is 21.6 Å². The van der Waals surface area contributed by atoms with Crippen LogP contribution in [-0.4, -0.2) is 28.2 Å². The highest BCUT2D eigenvalue weighted by molar-refractivity contribution is 8.00. The first-order chi connectivity index (χ1) is 11.4.